The Morgan fingerprint density at radius 2 is 2.18 bits per heavy atom. The van der Waals surface area contributed by atoms with E-state index in [2.05, 4.69) is 28.4 Å². The zero-order valence-electron chi connectivity index (χ0n) is 15.4. The molecule has 0 spiro atoms. The number of aromatic amines is 1. The second kappa shape index (κ2) is 7.49. The summed E-state index contributed by atoms with van der Waals surface area (Å²) in [4.78, 5) is 14.9. The summed E-state index contributed by atoms with van der Waals surface area (Å²) in [5, 5.41) is 16.7. The van der Waals surface area contributed by atoms with Crippen LogP contribution in [0.15, 0.2) is 48.8 Å². The Morgan fingerprint density at radius 3 is 2.93 bits per heavy atom. The summed E-state index contributed by atoms with van der Waals surface area (Å²) in [6.07, 6.45) is 4.61. The fraction of sp³-hybridized carbons (Fsp3) is 0.227. The number of hydrogen-bond acceptors (Lipinski definition) is 3. The number of aromatic nitrogens is 2. The number of H-pyrrole nitrogens is 1. The number of nitriles is 1. The van der Waals surface area contributed by atoms with Gasteiger partial charge in [-0.25, -0.2) is 0 Å². The zero-order valence-corrected chi connectivity index (χ0v) is 16.2. The minimum atomic E-state index is -0.0453. The fourth-order valence-corrected chi connectivity index (χ4v) is 4.22. The first-order chi connectivity index (χ1) is 13.6. The third kappa shape index (κ3) is 3.17. The summed E-state index contributed by atoms with van der Waals surface area (Å²) in [5.41, 5.74) is 5.67. The molecule has 2 aromatic carbocycles. The molecule has 1 N–H and O–H groups in total. The van der Waals surface area contributed by atoms with Crippen molar-refractivity contribution < 1.29 is 4.79 Å². The van der Waals surface area contributed by atoms with Crippen LogP contribution in [0.2, 0.25) is 5.02 Å². The van der Waals surface area contributed by atoms with Crippen LogP contribution in [0.3, 0.4) is 0 Å². The summed E-state index contributed by atoms with van der Waals surface area (Å²) in [6, 6.07) is 13.4. The summed E-state index contributed by atoms with van der Waals surface area (Å²) in [5.74, 6) is -0.0172. The van der Waals surface area contributed by atoms with Crippen LogP contribution >= 0.6 is 11.6 Å². The van der Waals surface area contributed by atoms with Gasteiger partial charge in [-0.05, 0) is 47.7 Å². The SMILES string of the molecule is C[C@H]1c2cccc(-c3cn[nH]c3)c2CCN1C(=O)Cc1c(Cl)cccc1C#N. The number of hydrogen-bond donors (Lipinski definition) is 1. The largest absolute Gasteiger partial charge is 0.335 e. The fourth-order valence-electron chi connectivity index (χ4n) is 3.97. The maximum atomic E-state index is 13.1. The summed E-state index contributed by atoms with van der Waals surface area (Å²) < 4.78 is 0. The number of nitrogens with one attached hydrogen (secondary N) is 1. The van der Waals surface area contributed by atoms with Gasteiger partial charge in [-0.3, -0.25) is 9.89 Å². The molecule has 140 valence electrons. The number of rotatable bonds is 3. The Hall–Kier alpha value is -3.10. The Kier molecular flexibility index (Phi) is 4.89. The topological polar surface area (TPSA) is 72.8 Å². The molecule has 4 rings (SSSR count). The molecule has 0 saturated carbocycles. The first kappa shape index (κ1) is 18.3. The molecule has 0 aliphatic carbocycles. The molecule has 0 radical (unpaired) electrons. The third-order valence-electron chi connectivity index (χ3n) is 5.43. The van der Waals surface area contributed by atoms with Gasteiger partial charge in [0.25, 0.3) is 0 Å². The van der Waals surface area contributed by atoms with Gasteiger partial charge in [0.2, 0.25) is 5.91 Å². The number of benzene rings is 2. The van der Waals surface area contributed by atoms with Crippen LogP contribution in [-0.4, -0.2) is 27.5 Å². The molecular weight excluding hydrogens is 372 g/mol. The molecule has 1 aliphatic rings. The van der Waals surface area contributed by atoms with Gasteiger partial charge in [-0.15, -0.1) is 0 Å². The molecule has 0 saturated heterocycles. The van der Waals surface area contributed by atoms with E-state index >= 15 is 0 Å². The van der Waals surface area contributed by atoms with Crippen LogP contribution in [0.4, 0.5) is 0 Å². The van der Waals surface area contributed by atoms with Crippen molar-refractivity contribution in [2.45, 2.75) is 25.8 Å². The molecular formula is C22H19ClN4O. The second-order valence-electron chi connectivity index (χ2n) is 6.93. The number of fused-ring (bicyclic) bond motifs is 1. The lowest BCUT2D eigenvalue weighted by Crippen LogP contribution is -2.40. The van der Waals surface area contributed by atoms with E-state index < -0.39 is 0 Å². The van der Waals surface area contributed by atoms with Crippen molar-refractivity contribution in [3.8, 4) is 17.2 Å². The predicted octanol–water partition coefficient (Wildman–Crippen LogP) is 4.29. The Morgan fingerprint density at radius 1 is 1.36 bits per heavy atom. The first-order valence-electron chi connectivity index (χ1n) is 9.18. The van der Waals surface area contributed by atoms with Crippen LogP contribution in [0.1, 0.15) is 35.2 Å². The molecule has 1 amide bonds. The molecule has 1 aliphatic heterocycles. The van der Waals surface area contributed by atoms with Crippen molar-refractivity contribution in [1.29, 1.82) is 5.26 Å². The molecule has 0 unspecified atom stereocenters. The number of halogens is 1. The average Bonchev–Trinajstić information content (AvgIpc) is 3.24. The zero-order chi connectivity index (χ0) is 19.7. The highest BCUT2D eigenvalue weighted by molar-refractivity contribution is 6.31. The van der Waals surface area contributed by atoms with Crippen LogP contribution in [0.25, 0.3) is 11.1 Å². The van der Waals surface area contributed by atoms with Crippen molar-refractivity contribution in [2.75, 3.05) is 6.54 Å². The van der Waals surface area contributed by atoms with Crippen LogP contribution in [0, 0.1) is 11.3 Å². The molecule has 5 nitrogen and oxygen atoms in total. The van der Waals surface area contributed by atoms with Crippen molar-refractivity contribution in [3.63, 3.8) is 0 Å². The Balaban J connectivity index is 1.62. The van der Waals surface area contributed by atoms with E-state index in [1.54, 1.807) is 18.2 Å². The van der Waals surface area contributed by atoms with Crippen LogP contribution < -0.4 is 0 Å². The second-order valence-corrected chi connectivity index (χ2v) is 7.34. The first-order valence-corrected chi connectivity index (χ1v) is 9.56. The highest BCUT2D eigenvalue weighted by Crippen LogP contribution is 2.36. The van der Waals surface area contributed by atoms with E-state index in [1.807, 2.05) is 30.3 Å². The van der Waals surface area contributed by atoms with Crippen molar-refractivity contribution >= 4 is 17.5 Å². The molecule has 0 fully saturated rings. The maximum absolute atomic E-state index is 13.1. The van der Waals surface area contributed by atoms with Crippen LogP contribution in [0.5, 0.6) is 0 Å². The highest BCUT2D eigenvalue weighted by Gasteiger charge is 2.29. The van der Waals surface area contributed by atoms with Gasteiger partial charge in [-0.2, -0.15) is 10.4 Å². The van der Waals surface area contributed by atoms with Crippen molar-refractivity contribution in [1.82, 2.24) is 15.1 Å². The monoisotopic (exact) mass is 390 g/mol. The number of carbonyl (C=O) groups is 1. The van der Waals surface area contributed by atoms with E-state index in [4.69, 9.17) is 11.6 Å². The molecule has 3 aromatic rings. The van der Waals surface area contributed by atoms with Crippen molar-refractivity contribution in [2.24, 2.45) is 0 Å². The number of carbonyl (C=O) groups excluding carboxylic acids is 1. The number of nitrogens with zero attached hydrogens (tertiary/aromatic N) is 3. The van der Waals surface area contributed by atoms with E-state index in [1.165, 1.54) is 5.56 Å². The van der Waals surface area contributed by atoms with E-state index in [0.29, 0.717) is 22.7 Å². The summed E-state index contributed by atoms with van der Waals surface area (Å²) in [6.45, 7) is 2.68. The Bertz CT molecular complexity index is 1070. The van der Waals surface area contributed by atoms with E-state index in [-0.39, 0.29) is 18.4 Å². The lowest BCUT2D eigenvalue weighted by atomic mass is 9.87. The standard InChI is InChI=1S/C22H19ClN4O/c1-14-17-5-3-6-18(16-12-25-26-13-16)19(17)8-9-27(14)22(28)10-20-15(11-24)4-2-7-21(20)23/h2-7,12-14H,8-10H2,1H3,(H,25,26)/t14-/m0/s1. The molecule has 1 aromatic heterocycles. The van der Waals surface area contributed by atoms with Gasteiger partial charge >= 0.3 is 0 Å². The highest BCUT2D eigenvalue weighted by atomic mass is 35.5. The molecule has 1 atom stereocenters. The summed E-state index contributed by atoms with van der Waals surface area (Å²) in [7, 11) is 0. The van der Waals surface area contributed by atoms with Gasteiger partial charge in [0.05, 0.1) is 30.3 Å². The normalized spacial score (nSPS) is 15.8. The minimum Gasteiger partial charge on any atom is -0.335 e. The lowest BCUT2D eigenvalue weighted by Gasteiger charge is -2.36. The van der Waals surface area contributed by atoms with Crippen molar-refractivity contribution in [3.05, 3.63) is 76.1 Å². The quantitative estimate of drug-likeness (QED) is 0.725. The van der Waals surface area contributed by atoms with Crippen LogP contribution in [-0.2, 0) is 17.6 Å². The maximum Gasteiger partial charge on any atom is 0.227 e. The van der Waals surface area contributed by atoms with Gasteiger partial charge in [0, 0.05) is 23.3 Å². The van der Waals surface area contributed by atoms with E-state index in [9.17, 15) is 10.1 Å². The van der Waals surface area contributed by atoms with Gasteiger partial charge in [-0.1, -0.05) is 35.9 Å². The Labute approximate surface area is 168 Å². The predicted molar refractivity (Wildman–Crippen MR) is 108 cm³/mol. The molecule has 0 bridgehead atoms. The summed E-state index contributed by atoms with van der Waals surface area (Å²) >= 11 is 6.26. The number of amides is 1. The van der Waals surface area contributed by atoms with Gasteiger partial charge in [0.15, 0.2) is 0 Å². The van der Waals surface area contributed by atoms with Gasteiger partial charge < -0.3 is 4.90 Å². The van der Waals surface area contributed by atoms with E-state index in [0.717, 1.165) is 23.1 Å². The average molecular weight is 391 g/mol. The lowest BCUT2D eigenvalue weighted by molar-refractivity contribution is -0.133. The third-order valence-corrected chi connectivity index (χ3v) is 5.78. The van der Waals surface area contributed by atoms with Gasteiger partial charge in [0.1, 0.15) is 0 Å². The minimum absolute atomic E-state index is 0.0172. The smallest absolute Gasteiger partial charge is 0.227 e. The molecule has 6 heteroatoms. The molecule has 28 heavy (non-hydrogen) atoms. The molecule has 2 heterocycles.